The Balaban J connectivity index is 1.87. The van der Waals surface area contributed by atoms with Gasteiger partial charge < -0.3 is 10.1 Å². The maximum Gasteiger partial charge on any atom is 0.573 e. The summed E-state index contributed by atoms with van der Waals surface area (Å²) in [5, 5.41) is 5.34. The lowest BCUT2D eigenvalue weighted by atomic mass is 10.0. The van der Waals surface area contributed by atoms with Crippen molar-refractivity contribution in [3.8, 4) is 5.75 Å². The topological polar surface area (TPSA) is 24.5 Å². The number of nitrogens with zero attached hydrogens (tertiary/aromatic N) is 1. The van der Waals surface area contributed by atoms with Crippen LogP contribution in [0.1, 0.15) is 16.5 Å². The lowest BCUT2D eigenvalue weighted by Gasteiger charge is -2.34. The van der Waals surface area contributed by atoms with E-state index in [1.165, 1.54) is 12.1 Å². The van der Waals surface area contributed by atoms with Crippen molar-refractivity contribution in [2.75, 3.05) is 26.2 Å². The van der Waals surface area contributed by atoms with Crippen LogP contribution < -0.4 is 10.1 Å². The summed E-state index contributed by atoms with van der Waals surface area (Å²) in [4.78, 5) is 3.50. The molecular formula is C16H16BrF3N2OS. The molecule has 0 amide bonds. The molecule has 2 heterocycles. The molecule has 1 aliphatic heterocycles. The predicted octanol–water partition coefficient (Wildman–Crippen LogP) is 4.40. The average Bonchev–Trinajstić information content (AvgIpc) is 2.95. The number of rotatable bonds is 4. The van der Waals surface area contributed by atoms with Gasteiger partial charge in [0.1, 0.15) is 5.75 Å². The summed E-state index contributed by atoms with van der Waals surface area (Å²) in [5.74, 6) is -0.197. The van der Waals surface area contributed by atoms with Crippen LogP contribution in [0.15, 0.2) is 40.2 Å². The van der Waals surface area contributed by atoms with Gasteiger partial charge in [0.25, 0.3) is 0 Å². The minimum Gasteiger partial charge on any atom is -0.406 e. The van der Waals surface area contributed by atoms with Crippen LogP contribution >= 0.6 is 27.3 Å². The molecule has 1 N–H and O–H groups in total. The van der Waals surface area contributed by atoms with Crippen LogP contribution in [0.5, 0.6) is 5.75 Å². The smallest absolute Gasteiger partial charge is 0.406 e. The molecule has 1 saturated heterocycles. The van der Waals surface area contributed by atoms with Crippen molar-refractivity contribution in [3.63, 3.8) is 0 Å². The first-order valence-corrected chi connectivity index (χ1v) is 9.14. The zero-order valence-corrected chi connectivity index (χ0v) is 15.0. The van der Waals surface area contributed by atoms with Crippen molar-refractivity contribution in [2.45, 2.75) is 12.4 Å². The Bertz CT molecular complexity index is 669. The summed E-state index contributed by atoms with van der Waals surface area (Å²) in [6, 6.07) is 8.27. The van der Waals surface area contributed by atoms with Gasteiger partial charge in [-0.3, -0.25) is 4.90 Å². The number of piperazine rings is 1. The van der Waals surface area contributed by atoms with Gasteiger partial charge in [0.15, 0.2) is 0 Å². The quantitative estimate of drug-likeness (QED) is 0.792. The molecule has 0 aliphatic carbocycles. The van der Waals surface area contributed by atoms with E-state index in [4.69, 9.17) is 0 Å². The van der Waals surface area contributed by atoms with Gasteiger partial charge in [0.05, 0.1) is 6.04 Å². The zero-order chi connectivity index (χ0) is 17.2. The molecule has 1 atom stereocenters. The van der Waals surface area contributed by atoms with Gasteiger partial charge in [-0.15, -0.1) is 24.5 Å². The summed E-state index contributed by atoms with van der Waals surface area (Å²) in [6.07, 6.45) is -4.67. The SMILES string of the molecule is FC(F)(F)Oc1ccc([C@H](c2cc(Br)cs2)N2CCNCC2)cc1. The molecule has 3 rings (SSSR count). The average molecular weight is 421 g/mol. The van der Waals surface area contributed by atoms with E-state index in [2.05, 4.69) is 36.9 Å². The molecule has 0 unspecified atom stereocenters. The van der Waals surface area contributed by atoms with Gasteiger partial charge in [-0.25, -0.2) is 0 Å². The molecule has 1 fully saturated rings. The Morgan fingerprint density at radius 2 is 1.83 bits per heavy atom. The van der Waals surface area contributed by atoms with E-state index in [1.54, 1.807) is 23.5 Å². The number of hydrogen-bond acceptors (Lipinski definition) is 4. The second kappa shape index (κ2) is 7.43. The lowest BCUT2D eigenvalue weighted by molar-refractivity contribution is -0.274. The number of benzene rings is 1. The summed E-state index contributed by atoms with van der Waals surface area (Å²) in [6.45, 7) is 3.58. The van der Waals surface area contributed by atoms with E-state index >= 15 is 0 Å². The molecule has 1 aliphatic rings. The van der Waals surface area contributed by atoms with Crippen LogP contribution in [0.25, 0.3) is 0 Å². The minimum atomic E-state index is -4.67. The summed E-state index contributed by atoms with van der Waals surface area (Å²) >= 11 is 5.12. The van der Waals surface area contributed by atoms with Crippen molar-refractivity contribution >= 4 is 27.3 Å². The molecular weight excluding hydrogens is 405 g/mol. The highest BCUT2D eigenvalue weighted by Crippen LogP contribution is 2.35. The Kier molecular flexibility index (Phi) is 5.49. The van der Waals surface area contributed by atoms with E-state index in [0.29, 0.717) is 0 Å². The zero-order valence-electron chi connectivity index (χ0n) is 12.6. The number of alkyl halides is 3. The highest BCUT2D eigenvalue weighted by atomic mass is 79.9. The first kappa shape index (κ1) is 17.7. The summed E-state index contributed by atoms with van der Waals surface area (Å²) < 4.78 is 41.9. The third-order valence-corrected chi connectivity index (χ3v) is 5.55. The molecule has 24 heavy (non-hydrogen) atoms. The van der Waals surface area contributed by atoms with Crippen LogP contribution in [-0.2, 0) is 0 Å². The maximum absolute atomic E-state index is 12.3. The number of halogens is 4. The highest BCUT2D eigenvalue weighted by molar-refractivity contribution is 9.10. The Morgan fingerprint density at radius 1 is 1.17 bits per heavy atom. The molecule has 2 aromatic rings. The number of nitrogens with one attached hydrogen (secondary N) is 1. The van der Waals surface area contributed by atoms with E-state index < -0.39 is 6.36 Å². The summed E-state index contributed by atoms with van der Waals surface area (Å²) in [5.41, 5.74) is 0.959. The van der Waals surface area contributed by atoms with Gasteiger partial charge in [0.2, 0.25) is 0 Å². The van der Waals surface area contributed by atoms with Crippen molar-refractivity contribution in [1.82, 2.24) is 10.2 Å². The normalized spacial score (nSPS) is 17.7. The number of ether oxygens (including phenoxy) is 1. The minimum absolute atomic E-state index is 0.0309. The first-order valence-electron chi connectivity index (χ1n) is 7.47. The molecule has 1 aromatic heterocycles. The Hall–Kier alpha value is -1.09. The van der Waals surface area contributed by atoms with Crippen LogP contribution in [0, 0.1) is 0 Å². The van der Waals surface area contributed by atoms with E-state index in [-0.39, 0.29) is 11.8 Å². The first-order chi connectivity index (χ1) is 11.4. The van der Waals surface area contributed by atoms with Gasteiger partial charge in [-0.05, 0) is 39.7 Å². The van der Waals surface area contributed by atoms with Crippen molar-refractivity contribution < 1.29 is 17.9 Å². The molecule has 0 radical (unpaired) electrons. The summed E-state index contributed by atoms with van der Waals surface area (Å²) in [7, 11) is 0. The second-order valence-corrected chi connectivity index (χ2v) is 7.33. The van der Waals surface area contributed by atoms with Crippen LogP contribution in [-0.4, -0.2) is 37.4 Å². The van der Waals surface area contributed by atoms with Crippen LogP contribution in [0.3, 0.4) is 0 Å². The van der Waals surface area contributed by atoms with Gasteiger partial charge in [-0.2, -0.15) is 0 Å². The monoisotopic (exact) mass is 420 g/mol. The van der Waals surface area contributed by atoms with Gasteiger partial charge in [-0.1, -0.05) is 12.1 Å². The van der Waals surface area contributed by atoms with E-state index in [0.717, 1.165) is 41.1 Å². The molecule has 130 valence electrons. The molecule has 8 heteroatoms. The van der Waals surface area contributed by atoms with Gasteiger partial charge in [0, 0.05) is 40.9 Å². The highest BCUT2D eigenvalue weighted by Gasteiger charge is 2.31. The largest absolute Gasteiger partial charge is 0.573 e. The fraction of sp³-hybridized carbons (Fsp3) is 0.375. The molecule has 0 saturated carbocycles. The van der Waals surface area contributed by atoms with Crippen molar-refractivity contribution in [1.29, 1.82) is 0 Å². The van der Waals surface area contributed by atoms with E-state index in [1.807, 2.05) is 5.38 Å². The standard InChI is InChI=1S/C16H16BrF3N2OS/c17-12-9-14(24-10-12)15(22-7-5-21-6-8-22)11-1-3-13(4-2-11)23-16(18,19)20/h1-4,9-10,15,21H,5-8H2/t15-/m1/s1. The van der Waals surface area contributed by atoms with Crippen LogP contribution in [0.2, 0.25) is 0 Å². The third-order valence-electron chi connectivity index (χ3n) is 3.80. The lowest BCUT2D eigenvalue weighted by Crippen LogP contribution is -2.45. The fourth-order valence-corrected chi connectivity index (χ4v) is 4.42. The second-order valence-electron chi connectivity index (χ2n) is 5.47. The predicted molar refractivity (Wildman–Crippen MR) is 91.4 cm³/mol. The van der Waals surface area contributed by atoms with E-state index in [9.17, 15) is 13.2 Å². The fourth-order valence-electron chi connectivity index (χ4n) is 2.82. The molecule has 3 nitrogen and oxygen atoms in total. The van der Waals surface area contributed by atoms with Crippen molar-refractivity contribution in [2.24, 2.45) is 0 Å². The van der Waals surface area contributed by atoms with Crippen LogP contribution in [0.4, 0.5) is 13.2 Å². The number of thiophene rings is 1. The maximum atomic E-state index is 12.3. The molecule has 0 spiro atoms. The van der Waals surface area contributed by atoms with Gasteiger partial charge >= 0.3 is 6.36 Å². The molecule has 0 bridgehead atoms. The third kappa shape index (κ3) is 4.50. The Labute approximate surface area is 150 Å². The van der Waals surface area contributed by atoms with Crippen molar-refractivity contribution in [3.05, 3.63) is 50.6 Å². The molecule has 1 aromatic carbocycles. The number of hydrogen-bond donors (Lipinski definition) is 1. The Morgan fingerprint density at radius 3 is 2.38 bits per heavy atom.